The van der Waals surface area contributed by atoms with Crippen LogP contribution in [0.15, 0.2) is 48.8 Å². The molecule has 0 saturated heterocycles. The van der Waals surface area contributed by atoms with Crippen LogP contribution < -0.4 is 11.1 Å². The third kappa shape index (κ3) is 5.12. The maximum atomic E-state index is 12.6. The molecular formula is C19H24N4O2. The lowest BCUT2D eigenvalue weighted by molar-refractivity contribution is 0.0740. The number of nitrogens with two attached hydrogens (primary N) is 1. The topological polar surface area (TPSA) is 88.3 Å². The molecule has 6 heteroatoms. The number of nitrogens with one attached hydrogen (secondary N) is 1. The van der Waals surface area contributed by atoms with E-state index >= 15 is 0 Å². The molecule has 0 aliphatic rings. The van der Waals surface area contributed by atoms with Crippen molar-refractivity contribution >= 4 is 17.5 Å². The van der Waals surface area contributed by atoms with Gasteiger partial charge in [0.1, 0.15) is 0 Å². The van der Waals surface area contributed by atoms with Crippen LogP contribution in [0.2, 0.25) is 0 Å². The molecule has 1 aromatic heterocycles. The van der Waals surface area contributed by atoms with Crippen LogP contribution in [0.4, 0.5) is 5.69 Å². The zero-order chi connectivity index (χ0) is 18.4. The lowest BCUT2D eigenvalue weighted by atomic mass is 9.93. The highest BCUT2D eigenvalue weighted by Gasteiger charge is 2.22. The van der Waals surface area contributed by atoms with Gasteiger partial charge in [0, 0.05) is 37.2 Å². The van der Waals surface area contributed by atoms with Gasteiger partial charge in [-0.05, 0) is 42.3 Å². The standard InChI is InChI=1S/C19H24N4O2/c1-19(2,12-20)13-23(3)18(25)14-6-4-8-16(10-14)22-17(24)15-7-5-9-21-11-15/h4-11H,12-13,20H2,1-3H3,(H,22,24). The Morgan fingerprint density at radius 2 is 1.92 bits per heavy atom. The minimum Gasteiger partial charge on any atom is -0.341 e. The molecule has 0 aliphatic carbocycles. The number of benzene rings is 1. The normalized spacial score (nSPS) is 11.0. The van der Waals surface area contributed by atoms with Gasteiger partial charge in [-0.15, -0.1) is 0 Å². The summed E-state index contributed by atoms with van der Waals surface area (Å²) in [5, 5.41) is 2.78. The summed E-state index contributed by atoms with van der Waals surface area (Å²) < 4.78 is 0. The number of nitrogens with zero attached hydrogens (tertiary/aromatic N) is 2. The van der Waals surface area contributed by atoms with Gasteiger partial charge >= 0.3 is 0 Å². The molecule has 0 aliphatic heterocycles. The van der Waals surface area contributed by atoms with Gasteiger partial charge in [-0.3, -0.25) is 14.6 Å². The van der Waals surface area contributed by atoms with Gasteiger partial charge in [-0.1, -0.05) is 19.9 Å². The summed E-state index contributed by atoms with van der Waals surface area (Å²) in [5.41, 5.74) is 7.11. The number of amides is 2. The molecule has 0 saturated carbocycles. The highest BCUT2D eigenvalue weighted by atomic mass is 16.2. The van der Waals surface area contributed by atoms with E-state index in [0.29, 0.717) is 29.9 Å². The molecule has 0 atom stereocenters. The minimum atomic E-state index is -0.268. The highest BCUT2D eigenvalue weighted by Crippen LogP contribution is 2.18. The Morgan fingerprint density at radius 1 is 1.20 bits per heavy atom. The van der Waals surface area contributed by atoms with E-state index in [1.54, 1.807) is 54.5 Å². The van der Waals surface area contributed by atoms with Crippen molar-refractivity contribution in [3.05, 3.63) is 59.9 Å². The van der Waals surface area contributed by atoms with Gasteiger partial charge in [0.05, 0.1) is 5.56 Å². The first-order valence-electron chi connectivity index (χ1n) is 8.09. The Kier molecular flexibility index (Phi) is 5.88. The third-order valence-corrected chi connectivity index (χ3v) is 3.86. The number of carbonyl (C=O) groups is 2. The van der Waals surface area contributed by atoms with Crippen LogP contribution in [0.3, 0.4) is 0 Å². The van der Waals surface area contributed by atoms with E-state index < -0.39 is 0 Å². The second-order valence-electron chi connectivity index (χ2n) is 6.81. The summed E-state index contributed by atoms with van der Waals surface area (Å²) in [5.74, 6) is -0.380. The van der Waals surface area contributed by atoms with Crippen molar-refractivity contribution in [3.8, 4) is 0 Å². The first-order valence-corrected chi connectivity index (χ1v) is 8.09. The SMILES string of the molecule is CN(CC(C)(C)CN)C(=O)c1cccc(NC(=O)c2cccnc2)c1. The van der Waals surface area contributed by atoms with Gasteiger partial charge in [0.2, 0.25) is 0 Å². The first-order chi connectivity index (χ1) is 11.8. The van der Waals surface area contributed by atoms with Gasteiger partial charge < -0.3 is 16.0 Å². The quantitative estimate of drug-likeness (QED) is 0.845. The van der Waals surface area contributed by atoms with E-state index in [1.807, 2.05) is 13.8 Å². The van der Waals surface area contributed by atoms with Crippen LogP contribution >= 0.6 is 0 Å². The number of hydrogen-bond donors (Lipinski definition) is 2. The van der Waals surface area contributed by atoms with Crippen molar-refractivity contribution in [3.63, 3.8) is 0 Å². The van der Waals surface area contributed by atoms with Crippen molar-refractivity contribution < 1.29 is 9.59 Å². The van der Waals surface area contributed by atoms with Crippen LogP contribution in [0, 0.1) is 5.41 Å². The zero-order valence-electron chi connectivity index (χ0n) is 14.8. The molecule has 2 amide bonds. The van der Waals surface area contributed by atoms with Gasteiger partial charge in [-0.25, -0.2) is 0 Å². The molecular weight excluding hydrogens is 316 g/mol. The summed E-state index contributed by atoms with van der Waals surface area (Å²) in [6.07, 6.45) is 3.10. The van der Waals surface area contributed by atoms with E-state index in [1.165, 1.54) is 6.20 Å². The summed E-state index contributed by atoms with van der Waals surface area (Å²) in [4.78, 5) is 30.4. The maximum Gasteiger partial charge on any atom is 0.257 e. The van der Waals surface area contributed by atoms with Crippen molar-refractivity contribution in [2.24, 2.45) is 11.1 Å². The molecule has 25 heavy (non-hydrogen) atoms. The molecule has 0 fully saturated rings. The molecule has 1 aromatic carbocycles. The summed E-state index contributed by atoms with van der Waals surface area (Å²) in [6.45, 7) is 5.07. The highest BCUT2D eigenvalue weighted by molar-refractivity contribution is 6.04. The molecule has 1 heterocycles. The zero-order valence-corrected chi connectivity index (χ0v) is 14.8. The van der Waals surface area contributed by atoms with E-state index in [2.05, 4.69) is 10.3 Å². The maximum absolute atomic E-state index is 12.6. The Balaban J connectivity index is 2.10. The fourth-order valence-electron chi connectivity index (χ4n) is 2.43. The third-order valence-electron chi connectivity index (χ3n) is 3.86. The van der Waals surface area contributed by atoms with Gasteiger partial charge in [-0.2, -0.15) is 0 Å². The largest absolute Gasteiger partial charge is 0.341 e. The Bertz CT molecular complexity index is 744. The average molecular weight is 340 g/mol. The van der Waals surface area contributed by atoms with E-state index in [4.69, 9.17) is 5.73 Å². The van der Waals surface area contributed by atoms with Gasteiger partial charge in [0.15, 0.2) is 0 Å². The molecule has 132 valence electrons. The predicted octanol–water partition coefficient (Wildman–Crippen LogP) is 2.39. The lowest BCUT2D eigenvalue weighted by Crippen LogP contribution is -2.39. The van der Waals surface area contributed by atoms with Crippen LogP contribution in [-0.2, 0) is 0 Å². The van der Waals surface area contributed by atoms with Crippen molar-refractivity contribution in [2.75, 3.05) is 25.5 Å². The second-order valence-corrected chi connectivity index (χ2v) is 6.81. The number of aromatic nitrogens is 1. The molecule has 6 nitrogen and oxygen atoms in total. The number of rotatable bonds is 6. The molecule has 2 rings (SSSR count). The van der Waals surface area contributed by atoms with Crippen molar-refractivity contribution in [1.82, 2.24) is 9.88 Å². The van der Waals surface area contributed by atoms with Crippen LogP contribution in [0.1, 0.15) is 34.6 Å². The van der Waals surface area contributed by atoms with Crippen LogP contribution in [0.5, 0.6) is 0 Å². The summed E-state index contributed by atoms with van der Waals surface area (Å²) >= 11 is 0. The average Bonchev–Trinajstić information content (AvgIpc) is 2.61. The Labute approximate surface area is 148 Å². The molecule has 0 bridgehead atoms. The number of anilines is 1. The Hall–Kier alpha value is -2.73. The molecule has 3 N–H and O–H groups in total. The number of hydrogen-bond acceptors (Lipinski definition) is 4. The summed E-state index contributed by atoms with van der Waals surface area (Å²) in [6, 6.07) is 10.3. The predicted molar refractivity (Wildman–Crippen MR) is 98.4 cm³/mol. The molecule has 0 radical (unpaired) electrons. The lowest BCUT2D eigenvalue weighted by Gasteiger charge is -2.29. The fraction of sp³-hybridized carbons (Fsp3) is 0.316. The van der Waals surface area contributed by atoms with E-state index in [0.717, 1.165) is 0 Å². The first kappa shape index (κ1) is 18.6. The second kappa shape index (κ2) is 7.90. The minimum absolute atomic E-state index is 0.112. The van der Waals surface area contributed by atoms with Crippen molar-refractivity contribution in [2.45, 2.75) is 13.8 Å². The Morgan fingerprint density at radius 3 is 2.56 bits per heavy atom. The van der Waals surface area contributed by atoms with Crippen LogP contribution in [0.25, 0.3) is 0 Å². The number of carbonyl (C=O) groups excluding carboxylic acids is 2. The van der Waals surface area contributed by atoms with Gasteiger partial charge in [0.25, 0.3) is 11.8 Å². The van der Waals surface area contributed by atoms with E-state index in [-0.39, 0.29) is 17.2 Å². The molecule has 2 aromatic rings. The fourth-order valence-corrected chi connectivity index (χ4v) is 2.43. The smallest absolute Gasteiger partial charge is 0.257 e. The van der Waals surface area contributed by atoms with Crippen molar-refractivity contribution in [1.29, 1.82) is 0 Å². The number of pyridine rings is 1. The molecule has 0 spiro atoms. The summed E-state index contributed by atoms with van der Waals surface area (Å²) in [7, 11) is 1.75. The van der Waals surface area contributed by atoms with Crippen LogP contribution in [-0.4, -0.2) is 41.8 Å². The van der Waals surface area contributed by atoms with E-state index in [9.17, 15) is 9.59 Å². The monoisotopic (exact) mass is 340 g/mol. The molecule has 0 unspecified atom stereocenters.